The maximum Gasteiger partial charge on any atom is 0.229 e. The minimum absolute atomic E-state index is 0.802. The Balaban J connectivity index is 1.92. The number of aromatic nitrogens is 2. The molecule has 1 aliphatic rings. The summed E-state index contributed by atoms with van der Waals surface area (Å²) < 4.78 is 0. The van der Waals surface area contributed by atoms with Gasteiger partial charge < -0.3 is 10.2 Å². The molecule has 0 spiro atoms. The second-order valence-electron chi connectivity index (χ2n) is 5.16. The first-order chi connectivity index (χ1) is 9.88. The zero-order valence-corrected chi connectivity index (χ0v) is 11.8. The third kappa shape index (κ3) is 2.65. The zero-order chi connectivity index (χ0) is 13.8. The lowest BCUT2D eigenvalue weighted by atomic mass is 10.1. The lowest BCUT2D eigenvalue weighted by molar-refractivity contribution is 0.750. The molecule has 3 rings (SSSR count). The van der Waals surface area contributed by atoms with Crippen molar-refractivity contribution in [3.63, 3.8) is 0 Å². The number of nitrogens with one attached hydrogen (secondary N) is 1. The maximum atomic E-state index is 4.54. The Hall–Kier alpha value is -1.94. The van der Waals surface area contributed by atoms with Crippen LogP contribution in [0.1, 0.15) is 24.0 Å². The number of fused-ring (bicyclic) bond motifs is 1. The van der Waals surface area contributed by atoms with Crippen LogP contribution in [0.4, 0.5) is 11.6 Å². The molecule has 0 unspecified atom stereocenters. The molecule has 0 atom stereocenters. The predicted octanol–water partition coefficient (Wildman–Crippen LogP) is 2.67. The first-order valence-electron chi connectivity index (χ1n) is 7.19. The molecule has 2 aromatic rings. The second-order valence-corrected chi connectivity index (χ2v) is 5.16. The summed E-state index contributed by atoms with van der Waals surface area (Å²) in [6.45, 7) is 1.79. The summed E-state index contributed by atoms with van der Waals surface area (Å²) in [5.74, 6) is 0.805. The largest absolute Gasteiger partial charge is 0.316 e. The molecular weight excluding hydrogens is 248 g/mol. The standard InChI is InChI=1S/C16H20N4/c1-17-10-13-11-18-16(19-12-13)20-9-5-4-7-14-6-2-3-8-15(14)20/h2-3,6,8,11-12,17H,4-5,7,9-10H2,1H3. The van der Waals surface area contributed by atoms with Gasteiger partial charge in [-0.2, -0.15) is 0 Å². The summed E-state index contributed by atoms with van der Waals surface area (Å²) in [6.07, 6.45) is 7.37. The van der Waals surface area contributed by atoms with Gasteiger partial charge in [0.2, 0.25) is 5.95 Å². The Kier molecular flexibility index (Phi) is 3.92. The van der Waals surface area contributed by atoms with Gasteiger partial charge in [-0.1, -0.05) is 18.2 Å². The maximum absolute atomic E-state index is 4.54. The van der Waals surface area contributed by atoms with Gasteiger partial charge in [0.25, 0.3) is 0 Å². The average Bonchev–Trinajstić information content (AvgIpc) is 2.71. The molecule has 1 aromatic carbocycles. The van der Waals surface area contributed by atoms with E-state index < -0.39 is 0 Å². The van der Waals surface area contributed by atoms with E-state index in [1.54, 1.807) is 0 Å². The van der Waals surface area contributed by atoms with Crippen molar-refractivity contribution in [2.24, 2.45) is 0 Å². The highest BCUT2D eigenvalue weighted by atomic mass is 15.3. The van der Waals surface area contributed by atoms with Crippen molar-refractivity contribution in [3.05, 3.63) is 47.8 Å². The zero-order valence-electron chi connectivity index (χ0n) is 11.8. The molecule has 0 amide bonds. The molecular formula is C16H20N4. The molecule has 104 valence electrons. The minimum Gasteiger partial charge on any atom is -0.316 e. The normalized spacial score (nSPS) is 14.8. The first kappa shape index (κ1) is 13.1. The van der Waals surface area contributed by atoms with Gasteiger partial charge in [0.05, 0.1) is 0 Å². The summed E-state index contributed by atoms with van der Waals surface area (Å²) >= 11 is 0. The van der Waals surface area contributed by atoms with Crippen LogP contribution in [0.5, 0.6) is 0 Å². The molecule has 0 radical (unpaired) electrons. The molecule has 1 aliphatic heterocycles. The van der Waals surface area contributed by atoms with Crippen molar-refractivity contribution in [1.29, 1.82) is 0 Å². The third-order valence-corrected chi connectivity index (χ3v) is 3.67. The summed E-state index contributed by atoms with van der Waals surface area (Å²) in [5, 5.41) is 3.12. The Labute approximate surface area is 119 Å². The highest BCUT2D eigenvalue weighted by Crippen LogP contribution is 2.30. The van der Waals surface area contributed by atoms with Crippen LogP contribution in [-0.2, 0) is 13.0 Å². The topological polar surface area (TPSA) is 41.1 Å². The minimum atomic E-state index is 0.802. The van der Waals surface area contributed by atoms with Gasteiger partial charge in [-0.05, 0) is 37.9 Å². The number of hydrogen-bond donors (Lipinski definition) is 1. The summed E-state index contributed by atoms with van der Waals surface area (Å²) in [7, 11) is 1.93. The fourth-order valence-corrected chi connectivity index (χ4v) is 2.68. The van der Waals surface area contributed by atoms with Crippen LogP contribution in [0.2, 0.25) is 0 Å². The second kappa shape index (κ2) is 6.01. The SMILES string of the molecule is CNCc1cnc(N2CCCCc3ccccc32)nc1. The van der Waals surface area contributed by atoms with Gasteiger partial charge in [0.1, 0.15) is 0 Å². The van der Waals surface area contributed by atoms with Crippen molar-refractivity contribution in [3.8, 4) is 0 Å². The van der Waals surface area contributed by atoms with E-state index in [1.807, 2.05) is 19.4 Å². The Bertz CT molecular complexity index is 565. The van der Waals surface area contributed by atoms with Gasteiger partial charge in [-0.15, -0.1) is 0 Å². The van der Waals surface area contributed by atoms with Crippen LogP contribution < -0.4 is 10.2 Å². The number of aryl methyl sites for hydroxylation is 1. The van der Waals surface area contributed by atoms with Gasteiger partial charge in [0.15, 0.2) is 0 Å². The number of hydrogen-bond acceptors (Lipinski definition) is 4. The van der Waals surface area contributed by atoms with E-state index in [4.69, 9.17) is 0 Å². The summed E-state index contributed by atoms with van der Waals surface area (Å²) in [6, 6.07) is 8.58. The average molecular weight is 268 g/mol. The monoisotopic (exact) mass is 268 g/mol. The van der Waals surface area contributed by atoms with Gasteiger partial charge in [-0.25, -0.2) is 9.97 Å². The van der Waals surface area contributed by atoms with Crippen LogP contribution in [0, 0.1) is 0 Å². The first-order valence-corrected chi connectivity index (χ1v) is 7.19. The Morgan fingerprint density at radius 1 is 1.15 bits per heavy atom. The predicted molar refractivity (Wildman–Crippen MR) is 81.2 cm³/mol. The van der Waals surface area contributed by atoms with Crippen molar-refractivity contribution < 1.29 is 0 Å². The van der Waals surface area contributed by atoms with Crippen LogP contribution >= 0.6 is 0 Å². The fourth-order valence-electron chi connectivity index (χ4n) is 2.68. The van der Waals surface area contributed by atoms with Crippen molar-refractivity contribution in [1.82, 2.24) is 15.3 Å². The molecule has 4 heteroatoms. The van der Waals surface area contributed by atoms with Gasteiger partial charge in [0, 0.05) is 36.7 Å². The molecule has 0 bridgehead atoms. The van der Waals surface area contributed by atoms with Crippen LogP contribution in [0.25, 0.3) is 0 Å². The fraction of sp³-hybridized carbons (Fsp3) is 0.375. The van der Waals surface area contributed by atoms with E-state index >= 15 is 0 Å². The Morgan fingerprint density at radius 2 is 1.95 bits per heavy atom. The molecule has 1 N–H and O–H groups in total. The highest BCUT2D eigenvalue weighted by molar-refractivity contribution is 5.62. The highest BCUT2D eigenvalue weighted by Gasteiger charge is 2.18. The van der Waals surface area contributed by atoms with E-state index in [2.05, 4.69) is 44.5 Å². The molecule has 2 heterocycles. The molecule has 1 aromatic heterocycles. The smallest absolute Gasteiger partial charge is 0.229 e. The van der Waals surface area contributed by atoms with E-state index in [1.165, 1.54) is 24.1 Å². The van der Waals surface area contributed by atoms with Gasteiger partial charge in [-0.3, -0.25) is 0 Å². The van der Waals surface area contributed by atoms with Gasteiger partial charge >= 0.3 is 0 Å². The molecule has 0 aliphatic carbocycles. The Morgan fingerprint density at radius 3 is 2.75 bits per heavy atom. The van der Waals surface area contributed by atoms with Crippen LogP contribution in [-0.4, -0.2) is 23.6 Å². The number of rotatable bonds is 3. The van der Waals surface area contributed by atoms with E-state index in [9.17, 15) is 0 Å². The number of benzene rings is 1. The lowest BCUT2D eigenvalue weighted by Gasteiger charge is -2.22. The number of nitrogens with zero attached hydrogens (tertiary/aromatic N) is 3. The van der Waals surface area contributed by atoms with Crippen LogP contribution in [0.15, 0.2) is 36.7 Å². The summed E-state index contributed by atoms with van der Waals surface area (Å²) in [5.41, 5.74) is 3.76. The van der Waals surface area contributed by atoms with E-state index in [-0.39, 0.29) is 0 Å². The number of anilines is 2. The van der Waals surface area contributed by atoms with Crippen molar-refractivity contribution in [2.45, 2.75) is 25.8 Å². The molecule has 0 fully saturated rings. The quantitative estimate of drug-likeness (QED) is 0.929. The molecule has 0 saturated heterocycles. The molecule has 4 nitrogen and oxygen atoms in total. The molecule has 0 saturated carbocycles. The van der Waals surface area contributed by atoms with Crippen molar-refractivity contribution in [2.75, 3.05) is 18.5 Å². The lowest BCUT2D eigenvalue weighted by Crippen LogP contribution is -2.20. The van der Waals surface area contributed by atoms with E-state index in [0.29, 0.717) is 0 Å². The summed E-state index contributed by atoms with van der Waals surface area (Å²) in [4.78, 5) is 11.3. The van der Waals surface area contributed by atoms with Crippen LogP contribution in [0.3, 0.4) is 0 Å². The third-order valence-electron chi connectivity index (χ3n) is 3.67. The van der Waals surface area contributed by atoms with Crippen molar-refractivity contribution >= 4 is 11.6 Å². The van der Waals surface area contributed by atoms with E-state index in [0.717, 1.165) is 31.0 Å². The number of para-hydroxylation sites is 1. The molecule has 20 heavy (non-hydrogen) atoms.